The molecule has 0 bridgehead atoms. The minimum Gasteiger partial charge on any atom is -0.478 e. The number of benzene rings is 1. The van der Waals surface area contributed by atoms with Gasteiger partial charge in [-0.15, -0.1) is 5.10 Å². The van der Waals surface area contributed by atoms with Crippen molar-refractivity contribution < 1.29 is 14.7 Å². The summed E-state index contributed by atoms with van der Waals surface area (Å²) in [6.07, 6.45) is 3.32. The predicted molar refractivity (Wildman–Crippen MR) is 82.1 cm³/mol. The summed E-state index contributed by atoms with van der Waals surface area (Å²) in [5, 5.41) is 19.2. The molecule has 110 valence electrons. The number of nitrogens with zero attached hydrogens (tertiary/aromatic N) is 3. The molecule has 7 nitrogen and oxygen atoms in total. The Balaban J connectivity index is 2.11. The van der Waals surface area contributed by atoms with Crippen LogP contribution >= 0.6 is 31.9 Å². The van der Waals surface area contributed by atoms with Gasteiger partial charge in [0.15, 0.2) is 0 Å². The molecule has 21 heavy (non-hydrogen) atoms. The van der Waals surface area contributed by atoms with Gasteiger partial charge >= 0.3 is 5.97 Å². The van der Waals surface area contributed by atoms with Crippen LogP contribution in [0.4, 0.5) is 5.69 Å². The molecule has 1 aromatic carbocycles. The zero-order chi connectivity index (χ0) is 15.4. The lowest BCUT2D eigenvalue weighted by molar-refractivity contribution is -0.116. The third-order valence-corrected chi connectivity index (χ3v) is 3.67. The number of hydrogen-bond donors (Lipinski definition) is 2. The zero-order valence-corrected chi connectivity index (χ0v) is 13.8. The van der Waals surface area contributed by atoms with Crippen LogP contribution < -0.4 is 5.32 Å². The van der Waals surface area contributed by atoms with Gasteiger partial charge in [0.25, 0.3) is 0 Å². The minimum absolute atomic E-state index is 0.00496. The average molecular weight is 418 g/mol. The molecule has 0 aliphatic rings. The van der Waals surface area contributed by atoms with Gasteiger partial charge in [-0.1, -0.05) is 21.1 Å². The van der Waals surface area contributed by atoms with Crippen molar-refractivity contribution in [3.8, 4) is 0 Å². The van der Waals surface area contributed by atoms with Gasteiger partial charge in [0.1, 0.15) is 0 Å². The van der Waals surface area contributed by atoms with Crippen LogP contribution in [0.25, 0.3) is 0 Å². The summed E-state index contributed by atoms with van der Waals surface area (Å²) >= 11 is 6.46. The number of carboxylic acid groups (broad SMARTS) is 1. The van der Waals surface area contributed by atoms with Gasteiger partial charge < -0.3 is 10.4 Å². The summed E-state index contributed by atoms with van der Waals surface area (Å²) in [5.41, 5.74) is 0.236. The molecule has 0 radical (unpaired) electrons. The van der Waals surface area contributed by atoms with Crippen molar-refractivity contribution in [2.75, 3.05) is 5.32 Å². The van der Waals surface area contributed by atoms with Crippen molar-refractivity contribution in [1.82, 2.24) is 15.0 Å². The van der Waals surface area contributed by atoms with Gasteiger partial charge in [-0.2, -0.15) is 0 Å². The number of halogens is 2. The molecule has 1 aromatic heterocycles. The monoisotopic (exact) mass is 416 g/mol. The third-order valence-electron chi connectivity index (χ3n) is 2.59. The van der Waals surface area contributed by atoms with Crippen molar-refractivity contribution in [2.45, 2.75) is 13.0 Å². The smallest absolute Gasteiger partial charge is 0.337 e. The number of hydrogen-bond acceptors (Lipinski definition) is 4. The molecule has 0 saturated carbocycles. The van der Waals surface area contributed by atoms with Gasteiger partial charge in [0, 0.05) is 21.6 Å². The Morgan fingerprint density at radius 3 is 2.71 bits per heavy atom. The Labute approximate surface area is 136 Å². The molecule has 2 N–H and O–H groups in total. The van der Waals surface area contributed by atoms with E-state index in [0.717, 1.165) is 0 Å². The van der Waals surface area contributed by atoms with E-state index in [0.29, 0.717) is 15.5 Å². The molecular formula is C12H10Br2N4O3. The molecular weight excluding hydrogens is 408 g/mol. The van der Waals surface area contributed by atoms with Gasteiger partial charge in [0.05, 0.1) is 24.0 Å². The van der Waals surface area contributed by atoms with Crippen LogP contribution in [0.15, 0.2) is 33.5 Å². The number of nitrogens with one attached hydrogen (secondary N) is 1. The Bertz CT molecular complexity index is 673. The molecule has 0 fully saturated rings. The van der Waals surface area contributed by atoms with Gasteiger partial charge in [-0.05, 0) is 28.1 Å². The maximum absolute atomic E-state index is 11.9. The molecule has 9 heteroatoms. The van der Waals surface area contributed by atoms with Gasteiger partial charge in [0.2, 0.25) is 5.91 Å². The highest BCUT2D eigenvalue weighted by Gasteiger charge is 2.16. The normalized spacial score (nSPS) is 10.4. The van der Waals surface area contributed by atoms with E-state index in [1.807, 2.05) is 0 Å². The summed E-state index contributed by atoms with van der Waals surface area (Å²) in [4.78, 5) is 23.2. The Morgan fingerprint density at radius 1 is 1.33 bits per heavy atom. The first-order valence-corrected chi connectivity index (χ1v) is 7.42. The van der Waals surface area contributed by atoms with Crippen LogP contribution in [-0.2, 0) is 11.3 Å². The lowest BCUT2D eigenvalue weighted by atomic mass is 10.1. The standard InChI is InChI=1S/C12H10Br2N4O3/c13-7-5-8(12(20)21)11(9(14)6-7)16-10(19)1-3-18-4-2-15-17-18/h2,4-6H,1,3H2,(H,16,19)(H,20,21). The van der Waals surface area contributed by atoms with E-state index in [-0.39, 0.29) is 23.6 Å². The van der Waals surface area contributed by atoms with Crippen molar-refractivity contribution in [3.05, 3.63) is 39.0 Å². The molecule has 0 spiro atoms. The third kappa shape index (κ3) is 4.11. The molecule has 0 atom stereocenters. The van der Waals surface area contributed by atoms with Crippen LogP contribution in [0.5, 0.6) is 0 Å². The first-order valence-electron chi connectivity index (χ1n) is 5.83. The summed E-state index contributed by atoms with van der Waals surface area (Å²) < 4.78 is 2.62. The topological polar surface area (TPSA) is 97.1 Å². The van der Waals surface area contributed by atoms with E-state index in [1.165, 1.54) is 16.9 Å². The zero-order valence-electron chi connectivity index (χ0n) is 10.6. The first-order chi connectivity index (χ1) is 9.97. The predicted octanol–water partition coefficient (Wildman–Crippen LogP) is 2.53. The fourth-order valence-electron chi connectivity index (χ4n) is 1.64. The maximum Gasteiger partial charge on any atom is 0.337 e. The Morgan fingerprint density at radius 2 is 2.10 bits per heavy atom. The molecule has 0 saturated heterocycles. The summed E-state index contributed by atoms with van der Waals surface area (Å²) in [5.74, 6) is -1.43. The van der Waals surface area contributed by atoms with E-state index in [2.05, 4.69) is 47.5 Å². The van der Waals surface area contributed by atoms with Crippen molar-refractivity contribution in [1.29, 1.82) is 0 Å². The lowest BCUT2D eigenvalue weighted by Crippen LogP contribution is -2.17. The fourth-order valence-corrected chi connectivity index (χ4v) is 2.96. The fraction of sp³-hybridized carbons (Fsp3) is 0.167. The van der Waals surface area contributed by atoms with Crippen LogP contribution in [0.3, 0.4) is 0 Å². The van der Waals surface area contributed by atoms with Crippen LogP contribution in [0.2, 0.25) is 0 Å². The van der Waals surface area contributed by atoms with Gasteiger partial charge in [-0.25, -0.2) is 4.79 Å². The molecule has 1 heterocycles. The molecule has 0 unspecified atom stereocenters. The number of aromatic nitrogens is 3. The number of aryl methyl sites for hydroxylation is 1. The Hall–Kier alpha value is -1.74. The van der Waals surface area contributed by atoms with Crippen molar-refractivity contribution in [3.63, 3.8) is 0 Å². The minimum atomic E-state index is -1.12. The largest absolute Gasteiger partial charge is 0.478 e. The van der Waals surface area contributed by atoms with Gasteiger partial charge in [-0.3, -0.25) is 9.48 Å². The van der Waals surface area contributed by atoms with Crippen molar-refractivity contribution >= 4 is 49.4 Å². The van der Waals surface area contributed by atoms with Crippen LogP contribution in [0, 0.1) is 0 Å². The summed E-state index contributed by atoms with van der Waals surface area (Å²) in [7, 11) is 0. The maximum atomic E-state index is 11.9. The van der Waals surface area contributed by atoms with E-state index >= 15 is 0 Å². The first kappa shape index (κ1) is 15.6. The van der Waals surface area contributed by atoms with E-state index in [4.69, 9.17) is 0 Å². The molecule has 0 aliphatic carbocycles. The second-order valence-corrected chi connectivity index (χ2v) is 5.85. The van der Waals surface area contributed by atoms with Crippen LogP contribution in [-0.4, -0.2) is 32.0 Å². The lowest BCUT2D eigenvalue weighted by Gasteiger charge is -2.11. The number of amides is 1. The SMILES string of the molecule is O=C(CCn1ccnn1)Nc1c(Br)cc(Br)cc1C(=O)O. The average Bonchev–Trinajstić information content (AvgIpc) is 2.92. The highest BCUT2D eigenvalue weighted by Crippen LogP contribution is 2.31. The number of carbonyl (C=O) groups is 2. The number of carboxylic acids is 1. The number of carbonyl (C=O) groups excluding carboxylic acids is 1. The van der Waals surface area contributed by atoms with E-state index in [9.17, 15) is 14.7 Å². The summed E-state index contributed by atoms with van der Waals surface area (Å²) in [6, 6.07) is 3.10. The van der Waals surface area contributed by atoms with Crippen LogP contribution in [0.1, 0.15) is 16.8 Å². The quantitative estimate of drug-likeness (QED) is 0.778. The molecule has 1 amide bonds. The second kappa shape index (κ2) is 6.81. The number of aromatic carboxylic acids is 1. The Kier molecular flexibility index (Phi) is 5.07. The molecule has 2 aromatic rings. The highest BCUT2D eigenvalue weighted by molar-refractivity contribution is 9.11. The van der Waals surface area contributed by atoms with E-state index < -0.39 is 5.97 Å². The van der Waals surface area contributed by atoms with Crippen molar-refractivity contribution in [2.24, 2.45) is 0 Å². The number of anilines is 1. The van der Waals surface area contributed by atoms with E-state index in [1.54, 1.807) is 12.3 Å². The highest BCUT2D eigenvalue weighted by atomic mass is 79.9. The molecule has 2 rings (SSSR count). The summed E-state index contributed by atoms with van der Waals surface area (Å²) in [6.45, 7) is 0.363. The second-order valence-electron chi connectivity index (χ2n) is 4.08. The number of rotatable bonds is 5. The molecule has 0 aliphatic heterocycles.